The van der Waals surface area contributed by atoms with E-state index in [4.69, 9.17) is 13.9 Å². The predicted octanol–water partition coefficient (Wildman–Crippen LogP) is 2.47. The molecule has 1 saturated heterocycles. The molecule has 2 rings (SSSR count). The predicted molar refractivity (Wildman–Crippen MR) is 69.3 cm³/mol. The van der Waals surface area contributed by atoms with Crippen molar-refractivity contribution >= 4 is 0 Å². The van der Waals surface area contributed by atoms with Crippen LogP contribution in [0.4, 0.5) is 0 Å². The first kappa shape index (κ1) is 13.6. The van der Waals surface area contributed by atoms with Crippen molar-refractivity contribution in [3.63, 3.8) is 0 Å². The molecule has 4 heteroatoms. The van der Waals surface area contributed by atoms with Crippen LogP contribution in [0.5, 0.6) is 0 Å². The van der Waals surface area contributed by atoms with Gasteiger partial charge in [0.15, 0.2) is 0 Å². The monoisotopic (exact) mass is 253 g/mol. The topological polar surface area (TPSA) is 43.6 Å². The highest BCUT2D eigenvalue weighted by atomic mass is 16.5. The summed E-state index contributed by atoms with van der Waals surface area (Å²) in [6.07, 6.45) is 5.19. The first-order valence-corrected chi connectivity index (χ1v) is 6.85. The summed E-state index contributed by atoms with van der Waals surface area (Å²) in [6.45, 7) is 6.25. The molecule has 0 aromatic carbocycles. The van der Waals surface area contributed by atoms with E-state index in [2.05, 4.69) is 12.2 Å². The fraction of sp³-hybridized carbons (Fsp3) is 0.714. The van der Waals surface area contributed by atoms with Crippen LogP contribution in [0, 0.1) is 0 Å². The van der Waals surface area contributed by atoms with Gasteiger partial charge in [0, 0.05) is 25.3 Å². The zero-order chi connectivity index (χ0) is 12.6. The number of hydrogen-bond acceptors (Lipinski definition) is 4. The number of rotatable bonds is 7. The summed E-state index contributed by atoms with van der Waals surface area (Å²) in [6, 6.07) is 2.02. The Morgan fingerprint density at radius 2 is 2.22 bits per heavy atom. The lowest BCUT2D eigenvalue weighted by molar-refractivity contribution is -0.0436. The molecule has 1 aromatic heterocycles. The van der Waals surface area contributed by atoms with Crippen molar-refractivity contribution in [2.24, 2.45) is 0 Å². The minimum atomic E-state index is 0.320. The van der Waals surface area contributed by atoms with Gasteiger partial charge in [0.25, 0.3) is 0 Å². The molecule has 4 nitrogen and oxygen atoms in total. The number of furan rings is 1. The summed E-state index contributed by atoms with van der Waals surface area (Å²) < 4.78 is 16.7. The molecule has 1 N–H and O–H groups in total. The largest absolute Gasteiger partial charge is 0.467 e. The maximum absolute atomic E-state index is 5.87. The third-order valence-corrected chi connectivity index (χ3v) is 3.20. The summed E-state index contributed by atoms with van der Waals surface area (Å²) in [4.78, 5) is 0. The Hall–Kier alpha value is -0.840. The van der Waals surface area contributed by atoms with Crippen LogP contribution in [0.3, 0.4) is 0 Å². The zero-order valence-electron chi connectivity index (χ0n) is 11.1. The lowest BCUT2D eigenvalue weighted by Gasteiger charge is -2.22. The van der Waals surface area contributed by atoms with Crippen molar-refractivity contribution in [1.82, 2.24) is 5.32 Å². The summed E-state index contributed by atoms with van der Waals surface area (Å²) in [5.74, 6) is 0.949. The Labute approximate surface area is 109 Å². The third kappa shape index (κ3) is 4.12. The van der Waals surface area contributed by atoms with Gasteiger partial charge in [-0.1, -0.05) is 6.92 Å². The normalized spacial score (nSPS) is 17.2. The first-order valence-electron chi connectivity index (χ1n) is 6.85. The van der Waals surface area contributed by atoms with Gasteiger partial charge in [-0.05, 0) is 31.9 Å². The van der Waals surface area contributed by atoms with Gasteiger partial charge >= 0.3 is 0 Å². The Morgan fingerprint density at radius 1 is 1.39 bits per heavy atom. The number of ether oxygens (including phenoxy) is 2. The van der Waals surface area contributed by atoms with E-state index in [9.17, 15) is 0 Å². The van der Waals surface area contributed by atoms with Crippen molar-refractivity contribution in [3.05, 3.63) is 23.7 Å². The fourth-order valence-corrected chi connectivity index (χ4v) is 2.09. The molecule has 2 heterocycles. The van der Waals surface area contributed by atoms with Crippen LogP contribution in [0.1, 0.15) is 37.5 Å². The van der Waals surface area contributed by atoms with Crippen LogP contribution >= 0.6 is 0 Å². The van der Waals surface area contributed by atoms with E-state index in [0.29, 0.717) is 12.7 Å². The van der Waals surface area contributed by atoms with E-state index < -0.39 is 0 Å². The second kappa shape index (κ2) is 7.56. The molecule has 0 atom stereocenters. The fourth-order valence-electron chi connectivity index (χ4n) is 2.09. The van der Waals surface area contributed by atoms with Gasteiger partial charge in [-0.25, -0.2) is 0 Å². The SMILES string of the molecule is CCCNCc1ccoc1COC1CCOCC1. The molecular weight excluding hydrogens is 230 g/mol. The van der Waals surface area contributed by atoms with E-state index in [-0.39, 0.29) is 0 Å². The van der Waals surface area contributed by atoms with Crippen LogP contribution in [-0.4, -0.2) is 25.9 Å². The summed E-state index contributed by atoms with van der Waals surface area (Å²) in [7, 11) is 0. The van der Waals surface area contributed by atoms with Crippen LogP contribution in [0.2, 0.25) is 0 Å². The molecule has 0 unspecified atom stereocenters. The highest BCUT2D eigenvalue weighted by Gasteiger charge is 2.15. The van der Waals surface area contributed by atoms with E-state index >= 15 is 0 Å². The summed E-state index contributed by atoms with van der Waals surface area (Å²) in [5, 5.41) is 3.38. The molecule has 1 aromatic rings. The highest BCUT2D eigenvalue weighted by Crippen LogP contribution is 2.16. The molecular formula is C14H23NO3. The van der Waals surface area contributed by atoms with Gasteiger partial charge in [0.2, 0.25) is 0 Å². The van der Waals surface area contributed by atoms with Crippen LogP contribution in [-0.2, 0) is 22.6 Å². The molecule has 1 aliphatic rings. The molecule has 0 amide bonds. The van der Waals surface area contributed by atoms with Gasteiger partial charge in [-0.15, -0.1) is 0 Å². The van der Waals surface area contributed by atoms with Crippen LogP contribution in [0.15, 0.2) is 16.7 Å². The minimum absolute atomic E-state index is 0.320. The van der Waals surface area contributed by atoms with Crippen molar-refractivity contribution in [1.29, 1.82) is 0 Å². The highest BCUT2D eigenvalue weighted by molar-refractivity contribution is 5.16. The number of nitrogens with one attached hydrogen (secondary N) is 1. The molecule has 0 spiro atoms. The first-order chi connectivity index (χ1) is 8.90. The smallest absolute Gasteiger partial charge is 0.133 e. The van der Waals surface area contributed by atoms with Crippen LogP contribution in [0.25, 0.3) is 0 Å². The lowest BCUT2D eigenvalue weighted by atomic mass is 10.1. The molecule has 0 saturated carbocycles. The van der Waals surface area contributed by atoms with Gasteiger partial charge in [-0.3, -0.25) is 0 Å². The quantitative estimate of drug-likeness (QED) is 0.758. The minimum Gasteiger partial charge on any atom is -0.467 e. The van der Waals surface area contributed by atoms with Crippen molar-refractivity contribution in [3.8, 4) is 0 Å². The van der Waals surface area contributed by atoms with E-state index in [1.54, 1.807) is 6.26 Å². The summed E-state index contributed by atoms with van der Waals surface area (Å²) >= 11 is 0. The van der Waals surface area contributed by atoms with Crippen molar-refractivity contribution < 1.29 is 13.9 Å². The average Bonchev–Trinajstić information content (AvgIpc) is 2.86. The Morgan fingerprint density at radius 3 is 3.00 bits per heavy atom. The molecule has 18 heavy (non-hydrogen) atoms. The molecule has 0 aliphatic carbocycles. The molecule has 1 fully saturated rings. The lowest BCUT2D eigenvalue weighted by Crippen LogP contribution is -2.23. The zero-order valence-corrected chi connectivity index (χ0v) is 11.1. The second-order valence-corrected chi connectivity index (χ2v) is 4.67. The summed E-state index contributed by atoms with van der Waals surface area (Å²) in [5.41, 5.74) is 1.20. The average molecular weight is 253 g/mol. The molecule has 102 valence electrons. The van der Waals surface area contributed by atoms with E-state index in [0.717, 1.165) is 51.3 Å². The number of hydrogen-bond donors (Lipinski definition) is 1. The van der Waals surface area contributed by atoms with Crippen LogP contribution < -0.4 is 5.32 Å². The van der Waals surface area contributed by atoms with Gasteiger partial charge in [-0.2, -0.15) is 0 Å². The van der Waals surface area contributed by atoms with E-state index in [1.807, 2.05) is 6.07 Å². The van der Waals surface area contributed by atoms with Gasteiger partial charge in [0.05, 0.1) is 12.4 Å². The Kier molecular flexibility index (Phi) is 5.71. The van der Waals surface area contributed by atoms with Crippen molar-refractivity contribution in [2.75, 3.05) is 19.8 Å². The molecule has 0 bridgehead atoms. The standard InChI is InChI=1S/C14H23NO3/c1-2-6-15-10-12-3-9-17-14(12)11-18-13-4-7-16-8-5-13/h3,9,13,15H,2,4-8,10-11H2,1H3. The van der Waals surface area contributed by atoms with E-state index in [1.165, 1.54) is 5.56 Å². The Balaban J connectivity index is 1.75. The molecule has 0 radical (unpaired) electrons. The third-order valence-electron chi connectivity index (χ3n) is 3.20. The Bertz CT molecular complexity index is 332. The van der Waals surface area contributed by atoms with Crippen molar-refractivity contribution in [2.45, 2.75) is 45.4 Å². The second-order valence-electron chi connectivity index (χ2n) is 4.67. The van der Waals surface area contributed by atoms with Gasteiger partial charge in [0.1, 0.15) is 12.4 Å². The molecule has 1 aliphatic heterocycles. The van der Waals surface area contributed by atoms with Gasteiger partial charge < -0.3 is 19.2 Å². The maximum Gasteiger partial charge on any atom is 0.133 e. The maximum atomic E-state index is 5.87.